The summed E-state index contributed by atoms with van der Waals surface area (Å²) in [5.74, 6) is 1.43. The molecule has 162 valence electrons. The molecule has 2 N–H and O–H groups in total. The van der Waals surface area contributed by atoms with Gasteiger partial charge in [-0.05, 0) is 51.0 Å². The van der Waals surface area contributed by atoms with Crippen molar-refractivity contribution in [3.05, 3.63) is 30.4 Å². The van der Waals surface area contributed by atoms with E-state index in [1.54, 1.807) is 0 Å². The molecule has 4 aliphatic rings. The molecule has 2 aliphatic carbocycles. The van der Waals surface area contributed by atoms with Gasteiger partial charge in [0.1, 0.15) is 6.34 Å². The van der Waals surface area contributed by atoms with Crippen LogP contribution in [-0.4, -0.2) is 67.8 Å². The van der Waals surface area contributed by atoms with Crippen LogP contribution in [0.4, 0.5) is 0 Å². The number of piperazine rings is 1. The molecule has 0 spiro atoms. The fraction of sp³-hybridized carbons (Fsp3) is 0.565. The Balaban J connectivity index is 1.22. The molecule has 2 aromatic rings. The van der Waals surface area contributed by atoms with Gasteiger partial charge in [0.05, 0.1) is 17.9 Å². The second-order valence-corrected chi connectivity index (χ2v) is 9.49. The lowest BCUT2D eigenvalue weighted by molar-refractivity contribution is -0.137. The molecule has 8 nitrogen and oxygen atoms in total. The summed E-state index contributed by atoms with van der Waals surface area (Å²) in [6, 6.07) is 3.18. The summed E-state index contributed by atoms with van der Waals surface area (Å²) in [5, 5.41) is 12.2. The van der Waals surface area contributed by atoms with E-state index >= 15 is 0 Å². The van der Waals surface area contributed by atoms with Gasteiger partial charge in [-0.15, -0.1) is 0 Å². The van der Waals surface area contributed by atoms with E-state index in [1.165, 1.54) is 19.3 Å². The molecule has 2 aliphatic heterocycles. The molecule has 0 aromatic carbocycles. The van der Waals surface area contributed by atoms with Crippen molar-refractivity contribution in [1.29, 1.82) is 5.41 Å². The molecular weight excluding hydrogens is 390 g/mol. The first kappa shape index (κ1) is 18.8. The zero-order chi connectivity index (χ0) is 20.9. The number of nitrogens with one attached hydrogen (secondary N) is 2. The van der Waals surface area contributed by atoms with Gasteiger partial charge in [0.2, 0.25) is 5.91 Å². The highest BCUT2D eigenvalue weighted by Crippen LogP contribution is 2.38. The smallest absolute Gasteiger partial charge is 0.226 e. The lowest BCUT2D eigenvalue weighted by Gasteiger charge is -2.42. The number of amidine groups is 1. The minimum atomic E-state index is 0.262. The third kappa shape index (κ3) is 3.28. The zero-order valence-corrected chi connectivity index (χ0v) is 17.7. The third-order valence-electron chi connectivity index (χ3n) is 7.46. The van der Waals surface area contributed by atoms with E-state index in [1.807, 2.05) is 12.4 Å². The molecule has 2 saturated heterocycles. The summed E-state index contributed by atoms with van der Waals surface area (Å²) >= 11 is 0. The van der Waals surface area contributed by atoms with Gasteiger partial charge >= 0.3 is 0 Å². The van der Waals surface area contributed by atoms with Crippen molar-refractivity contribution in [2.75, 3.05) is 13.1 Å². The average molecular weight is 420 g/mol. The summed E-state index contributed by atoms with van der Waals surface area (Å²) in [6.45, 7) is 1.57. The highest BCUT2D eigenvalue weighted by molar-refractivity contribution is 6.02. The normalized spacial score (nSPS) is 26.3. The van der Waals surface area contributed by atoms with Crippen molar-refractivity contribution in [3.63, 3.8) is 0 Å². The minimum absolute atomic E-state index is 0.262. The first-order valence-corrected chi connectivity index (χ1v) is 11.6. The molecule has 2 atom stereocenters. The summed E-state index contributed by atoms with van der Waals surface area (Å²) in [5.41, 5.74) is 3.10. The standard InChI is InChI=1S/C23H29N7O/c24-14-26-22(28-12-19-6-7-20(13-28)30(19)23(31)15-4-5-15)21-8-16(9-25-21)17-10-27-29(11-17)18-2-1-3-18/h8-11,14-15,18-20,24-25H,1-7,12-13H2/b24-14?,26-22+. The zero-order valence-electron chi connectivity index (χ0n) is 17.7. The number of nitrogens with zero attached hydrogens (tertiary/aromatic N) is 5. The predicted octanol–water partition coefficient (Wildman–Crippen LogP) is 3.04. The van der Waals surface area contributed by atoms with Crippen molar-refractivity contribution in [1.82, 2.24) is 24.6 Å². The highest BCUT2D eigenvalue weighted by Gasteiger charge is 2.47. The third-order valence-corrected chi connectivity index (χ3v) is 7.46. The maximum atomic E-state index is 12.8. The first-order chi connectivity index (χ1) is 15.2. The summed E-state index contributed by atoms with van der Waals surface area (Å²) < 4.78 is 2.09. The van der Waals surface area contributed by atoms with Gasteiger partial charge in [0, 0.05) is 54.6 Å². The van der Waals surface area contributed by atoms with Crippen LogP contribution in [-0.2, 0) is 4.79 Å². The molecule has 0 radical (unpaired) electrons. The highest BCUT2D eigenvalue weighted by atomic mass is 16.2. The number of carbonyl (C=O) groups excluding carboxylic acids is 1. The number of rotatable bonds is 5. The Labute approximate surface area is 181 Å². The largest absolute Gasteiger partial charge is 0.358 e. The van der Waals surface area contributed by atoms with E-state index in [2.05, 4.69) is 41.8 Å². The molecule has 2 aromatic heterocycles. The Hall–Kier alpha value is -2.90. The number of aromatic amines is 1. The van der Waals surface area contributed by atoms with Crippen LogP contribution in [0.5, 0.6) is 0 Å². The Morgan fingerprint density at radius 1 is 1.10 bits per heavy atom. The van der Waals surface area contributed by atoms with Crippen LogP contribution in [0.3, 0.4) is 0 Å². The van der Waals surface area contributed by atoms with E-state index in [-0.39, 0.29) is 18.0 Å². The number of H-pyrrole nitrogens is 1. The molecular formula is C23H29N7O. The second kappa shape index (κ2) is 7.35. The number of likely N-dealkylation sites (tertiary alicyclic amines) is 1. The number of amides is 1. The van der Waals surface area contributed by atoms with E-state index in [4.69, 9.17) is 5.41 Å². The van der Waals surface area contributed by atoms with Gasteiger partial charge < -0.3 is 14.8 Å². The molecule has 31 heavy (non-hydrogen) atoms. The Morgan fingerprint density at radius 2 is 1.87 bits per heavy atom. The Morgan fingerprint density at radius 3 is 2.52 bits per heavy atom. The molecule has 6 rings (SSSR count). The lowest BCUT2D eigenvalue weighted by Crippen LogP contribution is -2.57. The van der Waals surface area contributed by atoms with Crippen molar-refractivity contribution in [2.45, 2.75) is 63.1 Å². The number of hydrogen-bond acceptors (Lipinski definition) is 3. The van der Waals surface area contributed by atoms with Gasteiger partial charge in [0.25, 0.3) is 0 Å². The fourth-order valence-electron chi connectivity index (χ4n) is 5.39. The number of fused-ring (bicyclic) bond motifs is 2. The second-order valence-electron chi connectivity index (χ2n) is 9.49. The van der Waals surface area contributed by atoms with E-state index < -0.39 is 0 Å². The topological polar surface area (TPSA) is 93.4 Å². The van der Waals surface area contributed by atoms with Crippen LogP contribution < -0.4 is 0 Å². The van der Waals surface area contributed by atoms with E-state index in [0.717, 1.165) is 67.8 Å². The van der Waals surface area contributed by atoms with Crippen molar-refractivity contribution < 1.29 is 4.79 Å². The maximum Gasteiger partial charge on any atom is 0.226 e. The van der Waals surface area contributed by atoms with Crippen LogP contribution in [0.1, 0.15) is 56.7 Å². The molecule has 1 amide bonds. The maximum absolute atomic E-state index is 12.8. The average Bonchev–Trinajstić information content (AvgIpc) is 3.16. The summed E-state index contributed by atoms with van der Waals surface area (Å²) in [4.78, 5) is 25.0. The summed E-state index contributed by atoms with van der Waals surface area (Å²) in [7, 11) is 0. The monoisotopic (exact) mass is 419 g/mol. The van der Waals surface area contributed by atoms with Crippen LogP contribution in [0.15, 0.2) is 29.6 Å². The van der Waals surface area contributed by atoms with Crippen LogP contribution in [0.2, 0.25) is 0 Å². The quantitative estimate of drug-likeness (QED) is 0.576. The Bertz CT molecular complexity index is 1010. The lowest BCUT2D eigenvalue weighted by atomic mass is 9.93. The molecule has 2 unspecified atom stereocenters. The predicted molar refractivity (Wildman–Crippen MR) is 118 cm³/mol. The van der Waals surface area contributed by atoms with Gasteiger partial charge in [0.15, 0.2) is 5.84 Å². The molecule has 4 fully saturated rings. The van der Waals surface area contributed by atoms with Crippen LogP contribution in [0.25, 0.3) is 11.1 Å². The Kier molecular flexibility index (Phi) is 4.47. The van der Waals surface area contributed by atoms with Crippen LogP contribution >= 0.6 is 0 Å². The van der Waals surface area contributed by atoms with Gasteiger partial charge in [-0.2, -0.15) is 5.10 Å². The number of hydrogen-bond donors (Lipinski definition) is 2. The van der Waals surface area contributed by atoms with E-state index in [9.17, 15) is 4.79 Å². The number of aliphatic imine (C=N–C) groups is 1. The molecule has 2 saturated carbocycles. The minimum Gasteiger partial charge on any atom is -0.358 e. The number of carbonyl (C=O) groups is 1. The first-order valence-electron chi connectivity index (χ1n) is 11.6. The van der Waals surface area contributed by atoms with Gasteiger partial charge in [-0.1, -0.05) is 0 Å². The van der Waals surface area contributed by atoms with Crippen LogP contribution in [0, 0.1) is 11.3 Å². The summed E-state index contributed by atoms with van der Waals surface area (Å²) in [6.07, 6.45) is 15.1. The van der Waals surface area contributed by atoms with Crippen molar-refractivity contribution in [2.24, 2.45) is 10.9 Å². The van der Waals surface area contributed by atoms with Crippen molar-refractivity contribution in [3.8, 4) is 11.1 Å². The van der Waals surface area contributed by atoms with Crippen molar-refractivity contribution >= 4 is 18.1 Å². The van der Waals surface area contributed by atoms with Gasteiger partial charge in [-0.25, -0.2) is 4.99 Å². The SMILES string of the molecule is N=C/N=C(\c1cc(-c2cnn(C3CCC3)c2)c[nH]1)N1CC2CCC(C1)N2C(=O)C1CC1. The molecule has 4 heterocycles. The van der Waals surface area contributed by atoms with E-state index in [0.29, 0.717) is 11.9 Å². The molecule has 2 bridgehead atoms. The molecule has 8 heteroatoms. The fourth-order valence-corrected chi connectivity index (χ4v) is 5.39. The number of aromatic nitrogens is 3. The van der Waals surface area contributed by atoms with Gasteiger partial charge in [-0.3, -0.25) is 14.9 Å².